The Kier molecular flexibility index (Phi) is 7.55. The van der Waals surface area contributed by atoms with E-state index in [0.717, 1.165) is 25.7 Å². The second-order valence-corrected chi connectivity index (χ2v) is 8.08. The maximum absolute atomic E-state index is 12.2. The summed E-state index contributed by atoms with van der Waals surface area (Å²) in [7, 11) is 11.0. The zero-order chi connectivity index (χ0) is 23.3. The minimum Gasteiger partial charge on any atom is -0.495 e. The molecule has 0 saturated heterocycles. The monoisotopic (exact) mass is 436 g/mol. The molecular formula is C22H29BN6O3. The van der Waals surface area contributed by atoms with Crippen LogP contribution >= 0.6 is 0 Å². The Morgan fingerprint density at radius 2 is 1.91 bits per heavy atom. The van der Waals surface area contributed by atoms with Gasteiger partial charge in [-0.1, -0.05) is 12.8 Å². The predicted molar refractivity (Wildman–Crippen MR) is 125 cm³/mol. The fourth-order valence-corrected chi connectivity index (χ4v) is 3.79. The molecule has 168 valence electrons. The van der Waals surface area contributed by atoms with Gasteiger partial charge in [0.05, 0.1) is 12.8 Å². The van der Waals surface area contributed by atoms with Gasteiger partial charge in [0.25, 0.3) is 5.91 Å². The molecule has 0 aliphatic heterocycles. The molecule has 3 rings (SSSR count). The van der Waals surface area contributed by atoms with Crippen LogP contribution in [0.1, 0.15) is 43.0 Å². The number of hydrogen-bond donors (Lipinski definition) is 3. The molecule has 2 radical (unpaired) electrons. The zero-order valence-corrected chi connectivity index (χ0v) is 18.9. The van der Waals surface area contributed by atoms with Crippen LogP contribution in [0.25, 0.3) is 0 Å². The number of rotatable bonds is 7. The quantitative estimate of drug-likeness (QED) is 0.566. The number of aromatic nitrogens is 2. The third-order valence-corrected chi connectivity index (χ3v) is 5.39. The molecule has 0 bridgehead atoms. The standard InChI is InChI=1S/C22H29BN6O3/c1-13(30)25-16-7-5-6-8-17(16)26-20-15(23)12-24-22(28-20)27-18-10-9-14(11-19(18)32-4)21(31)29(2)3/h9-12,16-17H,5-8H2,1-4H3,(H,25,30)(H2,24,26,27,28)/t16-,17-/m1/s1. The zero-order valence-electron chi connectivity index (χ0n) is 18.9. The van der Waals surface area contributed by atoms with E-state index in [1.165, 1.54) is 25.1 Å². The Hall–Kier alpha value is -3.30. The number of carbonyl (C=O) groups excluding carboxylic acids is 2. The van der Waals surface area contributed by atoms with Crippen molar-refractivity contribution in [3.63, 3.8) is 0 Å². The average Bonchev–Trinajstić information content (AvgIpc) is 2.76. The van der Waals surface area contributed by atoms with Crippen LogP contribution in [0.3, 0.4) is 0 Å². The molecule has 1 aliphatic rings. The van der Waals surface area contributed by atoms with Crippen LogP contribution in [0.5, 0.6) is 5.75 Å². The van der Waals surface area contributed by atoms with Crippen LogP contribution in [-0.2, 0) is 4.79 Å². The number of amides is 2. The van der Waals surface area contributed by atoms with E-state index in [1.807, 2.05) is 0 Å². The van der Waals surface area contributed by atoms with Gasteiger partial charge in [0.1, 0.15) is 19.4 Å². The minimum absolute atomic E-state index is 0.0221. The van der Waals surface area contributed by atoms with Crippen molar-refractivity contribution in [2.75, 3.05) is 31.8 Å². The van der Waals surface area contributed by atoms with Crippen LogP contribution in [0.2, 0.25) is 0 Å². The molecule has 1 saturated carbocycles. The van der Waals surface area contributed by atoms with Gasteiger partial charge >= 0.3 is 0 Å². The summed E-state index contributed by atoms with van der Waals surface area (Å²) < 4.78 is 5.45. The first-order valence-corrected chi connectivity index (χ1v) is 10.6. The van der Waals surface area contributed by atoms with Gasteiger partial charge in [-0.3, -0.25) is 9.59 Å². The smallest absolute Gasteiger partial charge is 0.253 e. The van der Waals surface area contributed by atoms with Crippen molar-refractivity contribution in [1.29, 1.82) is 0 Å². The number of methoxy groups -OCH3 is 1. The summed E-state index contributed by atoms with van der Waals surface area (Å²) in [6, 6.07) is 5.18. The number of benzene rings is 1. The summed E-state index contributed by atoms with van der Waals surface area (Å²) >= 11 is 0. The maximum Gasteiger partial charge on any atom is 0.253 e. The van der Waals surface area contributed by atoms with E-state index in [-0.39, 0.29) is 23.9 Å². The first kappa shape index (κ1) is 23.4. The van der Waals surface area contributed by atoms with Gasteiger partial charge in [-0.2, -0.15) is 4.98 Å². The van der Waals surface area contributed by atoms with E-state index < -0.39 is 0 Å². The number of nitrogens with zero attached hydrogens (tertiary/aromatic N) is 3. The van der Waals surface area contributed by atoms with Gasteiger partial charge in [0, 0.05) is 44.9 Å². The van der Waals surface area contributed by atoms with Crippen molar-refractivity contribution in [2.45, 2.75) is 44.7 Å². The number of hydrogen-bond acceptors (Lipinski definition) is 7. The van der Waals surface area contributed by atoms with Crippen molar-refractivity contribution < 1.29 is 14.3 Å². The average molecular weight is 436 g/mol. The third kappa shape index (κ3) is 5.69. The molecule has 1 aliphatic carbocycles. The Bertz CT molecular complexity index is 984. The lowest BCUT2D eigenvalue weighted by Crippen LogP contribution is -2.48. The predicted octanol–water partition coefficient (Wildman–Crippen LogP) is 1.58. The molecule has 1 aromatic heterocycles. The first-order chi connectivity index (χ1) is 15.3. The molecule has 2 aromatic rings. The van der Waals surface area contributed by atoms with Gasteiger partial charge < -0.3 is 25.6 Å². The molecule has 1 heterocycles. The topological polar surface area (TPSA) is 108 Å². The lowest BCUT2D eigenvalue weighted by atomic mass is 9.89. The van der Waals surface area contributed by atoms with Crippen molar-refractivity contribution >= 4 is 42.6 Å². The third-order valence-electron chi connectivity index (χ3n) is 5.39. The number of nitrogens with one attached hydrogen (secondary N) is 3. The second kappa shape index (κ2) is 10.3. The molecule has 0 spiro atoms. The molecule has 32 heavy (non-hydrogen) atoms. The summed E-state index contributed by atoms with van der Waals surface area (Å²) in [4.78, 5) is 34.1. The van der Waals surface area contributed by atoms with Crippen LogP contribution in [0, 0.1) is 0 Å². The van der Waals surface area contributed by atoms with Crippen molar-refractivity contribution in [2.24, 2.45) is 0 Å². The van der Waals surface area contributed by atoms with Crippen LogP contribution < -0.4 is 26.2 Å². The van der Waals surface area contributed by atoms with Gasteiger partial charge in [0.2, 0.25) is 11.9 Å². The van der Waals surface area contributed by atoms with Gasteiger partial charge in [-0.25, -0.2) is 4.98 Å². The molecule has 9 nitrogen and oxygen atoms in total. The fourth-order valence-electron chi connectivity index (χ4n) is 3.79. The van der Waals surface area contributed by atoms with E-state index in [1.54, 1.807) is 32.3 Å². The Labute approximate surface area is 189 Å². The highest BCUT2D eigenvalue weighted by atomic mass is 16.5. The highest BCUT2D eigenvalue weighted by molar-refractivity contribution is 6.35. The molecule has 0 unspecified atom stereocenters. The molecule has 10 heteroatoms. The van der Waals surface area contributed by atoms with Crippen LogP contribution in [0.15, 0.2) is 24.4 Å². The van der Waals surface area contributed by atoms with Gasteiger partial charge in [-0.05, 0) is 36.5 Å². The van der Waals surface area contributed by atoms with Crippen LogP contribution in [0.4, 0.5) is 17.5 Å². The highest BCUT2D eigenvalue weighted by Gasteiger charge is 2.26. The summed E-state index contributed by atoms with van der Waals surface area (Å²) in [5.74, 6) is 1.16. The van der Waals surface area contributed by atoms with E-state index >= 15 is 0 Å². The maximum atomic E-state index is 12.2. The van der Waals surface area contributed by atoms with Crippen LogP contribution in [-0.4, -0.2) is 67.8 Å². The highest BCUT2D eigenvalue weighted by Crippen LogP contribution is 2.28. The van der Waals surface area contributed by atoms with Gasteiger partial charge in [0.15, 0.2) is 0 Å². The fraction of sp³-hybridized carbons (Fsp3) is 0.455. The lowest BCUT2D eigenvalue weighted by molar-refractivity contribution is -0.119. The number of ether oxygens (including phenoxy) is 1. The first-order valence-electron chi connectivity index (χ1n) is 10.6. The van der Waals surface area contributed by atoms with E-state index in [2.05, 4.69) is 25.9 Å². The Balaban J connectivity index is 1.80. The van der Waals surface area contributed by atoms with Crippen molar-refractivity contribution in [3.05, 3.63) is 30.0 Å². The van der Waals surface area contributed by atoms with E-state index in [4.69, 9.17) is 12.6 Å². The molecule has 3 N–H and O–H groups in total. The molecule has 1 fully saturated rings. The molecule has 2 amide bonds. The Morgan fingerprint density at radius 1 is 1.19 bits per heavy atom. The SMILES string of the molecule is [B]c1cnc(Nc2ccc(C(=O)N(C)C)cc2OC)nc1N[C@@H]1CCCC[C@H]1NC(C)=O. The molecular weight excluding hydrogens is 407 g/mol. The summed E-state index contributed by atoms with van der Waals surface area (Å²) in [5.41, 5.74) is 1.55. The van der Waals surface area contributed by atoms with Crippen molar-refractivity contribution in [3.8, 4) is 5.75 Å². The van der Waals surface area contributed by atoms with Crippen molar-refractivity contribution in [1.82, 2.24) is 20.2 Å². The molecule has 2 atom stereocenters. The summed E-state index contributed by atoms with van der Waals surface area (Å²) in [6.07, 6.45) is 5.49. The minimum atomic E-state index is -0.119. The largest absolute Gasteiger partial charge is 0.495 e. The lowest BCUT2D eigenvalue weighted by Gasteiger charge is -2.33. The van der Waals surface area contributed by atoms with E-state index in [9.17, 15) is 9.59 Å². The van der Waals surface area contributed by atoms with Gasteiger partial charge in [-0.15, -0.1) is 0 Å². The van der Waals surface area contributed by atoms with E-state index in [0.29, 0.717) is 34.2 Å². The summed E-state index contributed by atoms with van der Waals surface area (Å²) in [5, 5.41) is 9.53. The Morgan fingerprint density at radius 3 is 2.56 bits per heavy atom. The second-order valence-electron chi connectivity index (χ2n) is 8.08. The normalized spacial score (nSPS) is 17.9. The summed E-state index contributed by atoms with van der Waals surface area (Å²) in [6.45, 7) is 1.53. The number of carbonyl (C=O) groups is 2. The molecule has 1 aromatic carbocycles. The number of anilines is 3.